The van der Waals surface area contributed by atoms with Crippen LogP contribution < -0.4 is 15.4 Å². The summed E-state index contributed by atoms with van der Waals surface area (Å²) in [6.45, 7) is 6.81. The van der Waals surface area contributed by atoms with Crippen molar-refractivity contribution in [1.29, 1.82) is 0 Å². The average molecular weight is 366 g/mol. The second-order valence-corrected chi connectivity index (χ2v) is 5.09. The van der Waals surface area contributed by atoms with Gasteiger partial charge in [-0.25, -0.2) is 0 Å². The smallest absolute Gasteiger partial charge is 0.223 e. The highest BCUT2D eigenvalue weighted by Crippen LogP contribution is 2.25. The van der Waals surface area contributed by atoms with Gasteiger partial charge in [-0.3, -0.25) is 4.79 Å². The van der Waals surface area contributed by atoms with E-state index in [9.17, 15) is 4.79 Å². The van der Waals surface area contributed by atoms with E-state index in [1.54, 1.807) is 0 Å². The van der Waals surface area contributed by atoms with E-state index >= 15 is 0 Å². The largest absolute Gasteiger partial charge is 0.492 e. The molecule has 0 saturated carbocycles. The molecular weight excluding hydrogens is 344 g/mol. The maximum absolute atomic E-state index is 11.5. The number of hydrogen-bond acceptors (Lipinski definition) is 3. The second kappa shape index (κ2) is 10.9. The molecule has 1 amide bonds. The Hall–Kier alpha value is -0.780. The van der Waals surface area contributed by atoms with Gasteiger partial charge in [0.1, 0.15) is 5.75 Å². The van der Waals surface area contributed by atoms with Crippen LogP contribution in [0.4, 0.5) is 0 Å². The molecule has 114 valence electrons. The topological polar surface area (TPSA) is 50.4 Å². The summed E-state index contributed by atoms with van der Waals surface area (Å²) >= 11 is 3.44. The zero-order valence-corrected chi connectivity index (χ0v) is 14.3. The molecule has 0 unspecified atom stereocenters. The van der Waals surface area contributed by atoms with Gasteiger partial charge in [0.15, 0.2) is 0 Å². The van der Waals surface area contributed by atoms with Gasteiger partial charge in [0, 0.05) is 13.1 Å². The summed E-state index contributed by atoms with van der Waals surface area (Å²) in [5.41, 5.74) is 1.17. The lowest BCUT2D eigenvalue weighted by molar-refractivity contribution is -0.121. The number of ether oxygens (including phenoxy) is 1. The Morgan fingerprint density at radius 1 is 1.35 bits per heavy atom. The van der Waals surface area contributed by atoms with Crippen LogP contribution in [0.1, 0.15) is 18.9 Å². The van der Waals surface area contributed by atoms with Gasteiger partial charge in [-0.05, 0) is 47.1 Å². The SMILES string of the molecule is CCNCCNC(=O)CCOc1ccc(C)cc1Br.Cl. The van der Waals surface area contributed by atoms with E-state index in [2.05, 4.69) is 26.6 Å². The molecule has 2 N–H and O–H groups in total. The van der Waals surface area contributed by atoms with Crippen LogP contribution in [-0.4, -0.2) is 32.1 Å². The number of halogens is 2. The lowest BCUT2D eigenvalue weighted by Gasteiger charge is -2.09. The summed E-state index contributed by atoms with van der Waals surface area (Å²) in [6.07, 6.45) is 0.368. The fraction of sp³-hybridized carbons (Fsp3) is 0.500. The predicted octanol–water partition coefficient (Wildman–Crippen LogP) is 2.67. The van der Waals surface area contributed by atoms with Crippen molar-refractivity contribution in [3.05, 3.63) is 28.2 Å². The maximum atomic E-state index is 11.5. The van der Waals surface area contributed by atoms with Crippen LogP contribution in [0.25, 0.3) is 0 Å². The zero-order valence-electron chi connectivity index (χ0n) is 11.9. The van der Waals surface area contributed by atoms with Gasteiger partial charge >= 0.3 is 0 Å². The number of benzene rings is 1. The molecule has 1 aromatic rings. The summed E-state index contributed by atoms with van der Waals surface area (Å²) in [5, 5.41) is 5.98. The number of carbonyl (C=O) groups excluding carboxylic acids is 1. The molecule has 0 spiro atoms. The first-order valence-corrected chi connectivity index (χ1v) is 7.29. The summed E-state index contributed by atoms with van der Waals surface area (Å²) in [7, 11) is 0. The van der Waals surface area contributed by atoms with Crippen molar-refractivity contribution < 1.29 is 9.53 Å². The molecule has 0 heterocycles. The third kappa shape index (κ3) is 7.72. The minimum absolute atomic E-state index is 0. The van der Waals surface area contributed by atoms with Crippen LogP contribution in [0.2, 0.25) is 0 Å². The Labute approximate surface area is 135 Å². The monoisotopic (exact) mass is 364 g/mol. The molecule has 4 nitrogen and oxygen atoms in total. The van der Waals surface area contributed by atoms with Crippen molar-refractivity contribution >= 4 is 34.2 Å². The van der Waals surface area contributed by atoms with Gasteiger partial charge in [-0.2, -0.15) is 0 Å². The number of aryl methyl sites for hydroxylation is 1. The molecular formula is C14H22BrClN2O2. The van der Waals surface area contributed by atoms with Gasteiger partial charge < -0.3 is 15.4 Å². The summed E-state index contributed by atoms with van der Waals surface area (Å²) in [6, 6.07) is 5.88. The summed E-state index contributed by atoms with van der Waals surface area (Å²) < 4.78 is 6.48. The first-order chi connectivity index (χ1) is 9.13. The lowest BCUT2D eigenvalue weighted by atomic mass is 10.2. The van der Waals surface area contributed by atoms with Crippen molar-refractivity contribution in [3.63, 3.8) is 0 Å². The van der Waals surface area contributed by atoms with Crippen molar-refractivity contribution in [1.82, 2.24) is 10.6 Å². The third-order valence-corrected chi connectivity index (χ3v) is 3.17. The van der Waals surface area contributed by atoms with E-state index in [0.29, 0.717) is 19.6 Å². The van der Waals surface area contributed by atoms with E-state index in [4.69, 9.17) is 4.74 Å². The molecule has 1 aromatic carbocycles. The van der Waals surface area contributed by atoms with Crippen LogP contribution in [0.5, 0.6) is 5.75 Å². The minimum Gasteiger partial charge on any atom is -0.492 e. The van der Waals surface area contributed by atoms with Crippen molar-refractivity contribution in [3.8, 4) is 5.75 Å². The van der Waals surface area contributed by atoms with Crippen LogP contribution in [0.15, 0.2) is 22.7 Å². The fourth-order valence-corrected chi connectivity index (χ4v) is 2.14. The van der Waals surface area contributed by atoms with E-state index in [1.807, 2.05) is 32.0 Å². The Kier molecular flexibility index (Phi) is 10.5. The normalized spacial score (nSPS) is 9.75. The standard InChI is InChI=1S/C14H21BrN2O2.ClH/c1-3-16-7-8-17-14(18)6-9-19-13-5-4-11(2)10-12(13)15;/h4-5,10,16H,3,6-9H2,1-2H3,(H,17,18);1H. The second-order valence-electron chi connectivity index (χ2n) is 4.24. The van der Waals surface area contributed by atoms with Crippen LogP contribution in [0.3, 0.4) is 0 Å². The molecule has 0 fully saturated rings. The molecule has 0 bridgehead atoms. The Morgan fingerprint density at radius 3 is 2.75 bits per heavy atom. The number of hydrogen-bond donors (Lipinski definition) is 2. The van der Waals surface area contributed by atoms with Gasteiger partial charge in [-0.15, -0.1) is 12.4 Å². The highest BCUT2D eigenvalue weighted by Gasteiger charge is 2.04. The molecule has 6 heteroatoms. The molecule has 1 rings (SSSR count). The Bertz CT molecular complexity index is 416. The third-order valence-electron chi connectivity index (χ3n) is 2.55. The van der Waals surface area contributed by atoms with Crippen LogP contribution in [0, 0.1) is 6.92 Å². The first-order valence-electron chi connectivity index (χ1n) is 6.50. The number of likely N-dealkylation sites (N-methyl/N-ethyl adjacent to an activating group) is 1. The van der Waals surface area contributed by atoms with Crippen LogP contribution in [-0.2, 0) is 4.79 Å². The van der Waals surface area contributed by atoms with E-state index in [1.165, 1.54) is 5.56 Å². The van der Waals surface area contributed by atoms with E-state index in [0.717, 1.165) is 23.3 Å². The quantitative estimate of drug-likeness (QED) is 0.696. The van der Waals surface area contributed by atoms with Crippen LogP contribution >= 0.6 is 28.3 Å². The molecule has 0 radical (unpaired) electrons. The lowest BCUT2D eigenvalue weighted by Crippen LogP contribution is -2.32. The van der Waals surface area contributed by atoms with Gasteiger partial charge in [-0.1, -0.05) is 13.0 Å². The number of nitrogens with one attached hydrogen (secondary N) is 2. The molecule has 0 atom stereocenters. The van der Waals surface area contributed by atoms with E-state index < -0.39 is 0 Å². The number of amides is 1. The zero-order chi connectivity index (χ0) is 14.1. The summed E-state index contributed by atoms with van der Waals surface area (Å²) in [5.74, 6) is 0.784. The van der Waals surface area contributed by atoms with Crippen molar-refractivity contribution in [2.24, 2.45) is 0 Å². The fourth-order valence-electron chi connectivity index (χ4n) is 1.53. The minimum atomic E-state index is 0. The first kappa shape index (κ1) is 19.2. The molecule has 0 aliphatic rings. The number of rotatable bonds is 8. The number of carbonyl (C=O) groups is 1. The molecule has 0 aliphatic carbocycles. The summed E-state index contributed by atoms with van der Waals surface area (Å²) in [4.78, 5) is 11.5. The molecule has 0 aromatic heterocycles. The van der Waals surface area contributed by atoms with Gasteiger partial charge in [0.25, 0.3) is 0 Å². The van der Waals surface area contributed by atoms with Gasteiger partial charge in [0.05, 0.1) is 17.5 Å². The highest BCUT2D eigenvalue weighted by molar-refractivity contribution is 9.10. The molecule has 0 saturated heterocycles. The average Bonchev–Trinajstić information content (AvgIpc) is 2.37. The molecule has 20 heavy (non-hydrogen) atoms. The Morgan fingerprint density at radius 2 is 2.10 bits per heavy atom. The highest BCUT2D eigenvalue weighted by atomic mass is 79.9. The maximum Gasteiger partial charge on any atom is 0.223 e. The molecule has 0 aliphatic heterocycles. The van der Waals surface area contributed by atoms with Crippen molar-refractivity contribution in [2.75, 3.05) is 26.2 Å². The van der Waals surface area contributed by atoms with Crippen molar-refractivity contribution in [2.45, 2.75) is 20.3 Å². The van der Waals surface area contributed by atoms with E-state index in [-0.39, 0.29) is 18.3 Å². The predicted molar refractivity (Wildman–Crippen MR) is 87.8 cm³/mol. The van der Waals surface area contributed by atoms with Gasteiger partial charge in [0.2, 0.25) is 5.91 Å². The Balaban J connectivity index is 0.00000361.